The van der Waals surface area contributed by atoms with Gasteiger partial charge in [0.2, 0.25) is 5.91 Å². The third kappa shape index (κ3) is 4.38. The highest BCUT2D eigenvalue weighted by molar-refractivity contribution is 5.85. The van der Waals surface area contributed by atoms with Crippen molar-refractivity contribution >= 4 is 18.3 Å². The molecule has 0 atom stereocenters. The number of rotatable bonds is 3. The molecular weight excluding hydrogens is 260 g/mol. The van der Waals surface area contributed by atoms with Crippen LogP contribution < -0.4 is 5.32 Å². The SMILES string of the molecule is CC1(C)CCC(NC(=O)C(C)(C)C(F)F)CC1.Cl. The van der Waals surface area contributed by atoms with Crippen molar-refractivity contribution in [3.05, 3.63) is 0 Å². The quantitative estimate of drug-likeness (QED) is 0.839. The molecule has 5 heteroatoms. The minimum atomic E-state index is -2.62. The zero-order chi connectivity index (χ0) is 13.3. The van der Waals surface area contributed by atoms with E-state index in [1.807, 2.05) is 0 Å². The van der Waals surface area contributed by atoms with Crippen LogP contribution in [0.2, 0.25) is 0 Å². The van der Waals surface area contributed by atoms with Gasteiger partial charge in [-0.25, -0.2) is 8.78 Å². The normalized spacial score (nSPS) is 20.4. The molecule has 0 saturated heterocycles. The molecule has 1 saturated carbocycles. The highest BCUT2D eigenvalue weighted by Gasteiger charge is 2.39. The number of alkyl halides is 2. The number of amides is 1. The van der Waals surface area contributed by atoms with Gasteiger partial charge in [-0.15, -0.1) is 12.4 Å². The molecule has 0 aliphatic heterocycles. The summed E-state index contributed by atoms with van der Waals surface area (Å²) in [6.07, 6.45) is 1.22. The van der Waals surface area contributed by atoms with Crippen LogP contribution in [0.25, 0.3) is 0 Å². The summed E-state index contributed by atoms with van der Waals surface area (Å²) in [7, 11) is 0. The molecule has 0 aromatic heterocycles. The van der Waals surface area contributed by atoms with Gasteiger partial charge in [0.05, 0.1) is 0 Å². The van der Waals surface area contributed by atoms with E-state index >= 15 is 0 Å². The van der Waals surface area contributed by atoms with Gasteiger partial charge in [0.25, 0.3) is 6.43 Å². The van der Waals surface area contributed by atoms with E-state index in [1.165, 1.54) is 13.8 Å². The molecule has 0 spiro atoms. The first-order valence-corrected chi connectivity index (χ1v) is 6.24. The van der Waals surface area contributed by atoms with Gasteiger partial charge in [-0.05, 0) is 44.9 Å². The van der Waals surface area contributed by atoms with Crippen LogP contribution in [0.5, 0.6) is 0 Å². The Morgan fingerprint density at radius 1 is 1.28 bits per heavy atom. The molecule has 0 radical (unpaired) electrons. The topological polar surface area (TPSA) is 29.1 Å². The first-order chi connectivity index (χ1) is 7.65. The zero-order valence-electron chi connectivity index (χ0n) is 11.6. The van der Waals surface area contributed by atoms with Crippen molar-refractivity contribution < 1.29 is 13.6 Å². The summed E-state index contributed by atoms with van der Waals surface area (Å²) in [6.45, 7) is 6.99. The van der Waals surface area contributed by atoms with Gasteiger partial charge in [-0.2, -0.15) is 0 Å². The van der Waals surface area contributed by atoms with Crippen LogP contribution >= 0.6 is 12.4 Å². The van der Waals surface area contributed by atoms with Crippen LogP contribution in [0.4, 0.5) is 8.78 Å². The standard InChI is InChI=1S/C13H23F2NO.ClH/c1-12(2)7-5-9(6-8-12)16-11(17)13(3,4)10(14)15;/h9-10H,5-8H2,1-4H3,(H,16,17);1H. The average Bonchev–Trinajstić information content (AvgIpc) is 2.20. The minimum Gasteiger partial charge on any atom is -0.353 e. The van der Waals surface area contributed by atoms with E-state index in [1.54, 1.807) is 0 Å². The smallest absolute Gasteiger partial charge is 0.252 e. The predicted octanol–water partition coefficient (Wildman–Crippen LogP) is 3.78. The summed E-state index contributed by atoms with van der Waals surface area (Å²) < 4.78 is 25.4. The molecule has 0 unspecified atom stereocenters. The van der Waals surface area contributed by atoms with Crippen LogP contribution in [0.1, 0.15) is 53.4 Å². The Hall–Kier alpha value is -0.380. The molecule has 1 fully saturated rings. The number of nitrogens with one attached hydrogen (secondary N) is 1. The van der Waals surface area contributed by atoms with Crippen molar-refractivity contribution in [2.75, 3.05) is 0 Å². The summed E-state index contributed by atoms with van der Waals surface area (Å²) in [5.74, 6) is -0.530. The average molecular weight is 284 g/mol. The first-order valence-electron chi connectivity index (χ1n) is 6.24. The molecule has 1 aliphatic carbocycles. The van der Waals surface area contributed by atoms with Crippen LogP contribution in [0, 0.1) is 10.8 Å². The molecular formula is C13H24ClF2NO. The van der Waals surface area contributed by atoms with E-state index in [2.05, 4.69) is 19.2 Å². The molecule has 1 rings (SSSR count). The van der Waals surface area contributed by atoms with E-state index in [-0.39, 0.29) is 18.4 Å². The molecule has 2 nitrogen and oxygen atoms in total. The Morgan fingerprint density at radius 3 is 2.11 bits per heavy atom. The van der Waals surface area contributed by atoms with Crippen molar-refractivity contribution in [2.45, 2.75) is 65.8 Å². The Kier molecular flexibility index (Phi) is 6.05. The Morgan fingerprint density at radius 2 is 1.72 bits per heavy atom. The number of hydrogen-bond donors (Lipinski definition) is 1. The van der Waals surface area contributed by atoms with Gasteiger partial charge < -0.3 is 5.32 Å². The Bertz CT molecular complexity index is 283. The third-order valence-corrected chi connectivity index (χ3v) is 3.81. The van der Waals surface area contributed by atoms with Gasteiger partial charge in [-0.1, -0.05) is 13.8 Å². The molecule has 18 heavy (non-hydrogen) atoms. The summed E-state index contributed by atoms with van der Waals surface area (Å²) in [6, 6.07) is 0.0635. The van der Waals surface area contributed by atoms with E-state index in [0.717, 1.165) is 25.7 Å². The van der Waals surface area contributed by atoms with Crippen LogP contribution in [0.3, 0.4) is 0 Å². The molecule has 0 bridgehead atoms. The van der Waals surface area contributed by atoms with Crippen molar-refractivity contribution in [1.82, 2.24) is 5.32 Å². The third-order valence-electron chi connectivity index (χ3n) is 3.81. The fraction of sp³-hybridized carbons (Fsp3) is 0.923. The molecule has 1 amide bonds. The molecule has 108 valence electrons. The van der Waals surface area contributed by atoms with Crippen molar-refractivity contribution in [3.8, 4) is 0 Å². The van der Waals surface area contributed by atoms with Crippen molar-refractivity contribution in [3.63, 3.8) is 0 Å². The number of hydrogen-bond acceptors (Lipinski definition) is 1. The van der Waals surface area contributed by atoms with Gasteiger partial charge in [0.15, 0.2) is 0 Å². The maximum absolute atomic E-state index is 12.7. The molecule has 0 aromatic rings. The maximum atomic E-state index is 12.7. The number of halogens is 3. The van der Waals surface area contributed by atoms with E-state index in [9.17, 15) is 13.6 Å². The lowest BCUT2D eigenvalue weighted by molar-refractivity contribution is -0.138. The van der Waals surface area contributed by atoms with Crippen LogP contribution in [-0.4, -0.2) is 18.4 Å². The highest BCUT2D eigenvalue weighted by atomic mass is 35.5. The van der Waals surface area contributed by atoms with Gasteiger partial charge in [-0.3, -0.25) is 4.79 Å². The summed E-state index contributed by atoms with van der Waals surface area (Å²) >= 11 is 0. The molecule has 1 N–H and O–H groups in total. The van der Waals surface area contributed by atoms with Crippen LogP contribution in [-0.2, 0) is 4.79 Å². The lowest BCUT2D eigenvalue weighted by Gasteiger charge is -2.36. The Labute approximate surface area is 114 Å². The van der Waals surface area contributed by atoms with Gasteiger partial charge in [0.1, 0.15) is 5.41 Å². The second-order valence-electron chi connectivity index (χ2n) is 6.43. The van der Waals surface area contributed by atoms with Gasteiger partial charge >= 0.3 is 0 Å². The Balaban J connectivity index is 0.00000289. The molecule has 1 aliphatic rings. The van der Waals surface area contributed by atoms with E-state index < -0.39 is 17.7 Å². The summed E-state index contributed by atoms with van der Waals surface area (Å²) in [5, 5.41) is 2.76. The molecule has 0 aromatic carbocycles. The lowest BCUT2D eigenvalue weighted by atomic mass is 9.75. The van der Waals surface area contributed by atoms with E-state index in [0.29, 0.717) is 5.41 Å². The fourth-order valence-electron chi connectivity index (χ4n) is 2.01. The largest absolute Gasteiger partial charge is 0.353 e. The summed E-state index contributed by atoms with van der Waals surface area (Å²) in [5.41, 5.74) is -1.27. The highest BCUT2D eigenvalue weighted by Crippen LogP contribution is 2.35. The maximum Gasteiger partial charge on any atom is 0.252 e. The minimum absolute atomic E-state index is 0. The predicted molar refractivity (Wildman–Crippen MR) is 71.2 cm³/mol. The lowest BCUT2D eigenvalue weighted by Crippen LogP contribution is -2.47. The summed E-state index contributed by atoms with van der Waals surface area (Å²) in [4.78, 5) is 11.7. The second-order valence-corrected chi connectivity index (χ2v) is 6.43. The zero-order valence-corrected chi connectivity index (χ0v) is 12.4. The van der Waals surface area contributed by atoms with Crippen molar-refractivity contribution in [1.29, 1.82) is 0 Å². The van der Waals surface area contributed by atoms with Gasteiger partial charge in [0, 0.05) is 6.04 Å². The number of carbonyl (C=O) groups is 1. The molecule has 0 heterocycles. The first kappa shape index (κ1) is 17.6. The van der Waals surface area contributed by atoms with E-state index in [4.69, 9.17) is 0 Å². The van der Waals surface area contributed by atoms with Crippen molar-refractivity contribution in [2.24, 2.45) is 10.8 Å². The second kappa shape index (κ2) is 6.18. The number of carbonyl (C=O) groups excluding carboxylic acids is 1. The van der Waals surface area contributed by atoms with Crippen LogP contribution in [0.15, 0.2) is 0 Å². The monoisotopic (exact) mass is 283 g/mol. The fourth-order valence-corrected chi connectivity index (χ4v) is 2.01.